The van der Waals surface area contributed by atoms with Gasteiger partial charge in [-0.1, -0.05) is 0 Å². The van der Waals surface area contributed by atoms with Crippen molar-refractivity contribution in [3.63, 3.8) is 0 Å². The molecule has 3 nitrogen and oxygen atoms in total. The Morgan fingerprint density at radius 2 is 2.05 bits per heavy atom. The van der Waals surface area contributed by atoms with Gasteiger partial charge in [-0.25, -0.2) is 4.39 Å². The molecule has 106 valence electrons. The SMILES string of the molecule is Cc1cc(C(=O)NCCOCC(F)(F)F)ccc1F. The van der Waals surface area contributed by atoms with Crippen molar-refractivity contribution in [1.82, 2.24) is 5.32 Å². The first-order valence-electron chi connectivity index (χ1n) is 5.48. The largest absolute Gasteiger partial charge is 0.411 e. The average Bonchev–Trinajstić information content (AvgIpc) is 2.30. The van der Waals surface area contributed by atoms with E-state index >= 15 is 0 Å². The molecular weight excluding hydrogens is 266 g/mol. The van der Waals surface area contributed by atoms with E-state index in [1.54, 1.807) is 0 Å². The van der Waals surface area contributed by atoms with Gasteiger partial charge in [0.15, 0.2) is 0 Å². The molecule has 1 aromatic rings. The zero-order valence-electron chi connectivity index (χ0n) is 10.2. The summed E-state index contributed by atoms with van der Waals surface area (Å²) in [6, 6.07) is 3.82. The van der Waals surface area contributed by atoms with Crippen LogP contribution in [0, 0.1) is 12.7 Å². The van der Waals surface area contributed by atoms with E-state index in [0.29, 0.717) is 5.56 Å². The topological polar surface area (TPSA) is 38.3 Å². The van der Waals surface area contributed by atoms with Crippen molar-refractivity contribution >= 4 is 5.91 Å². The van der Waals surface area contributed by atoms with E-state index in [0.717, 1.165) is 6.07 Å². The second kappa shape index (κ2) is 6.51. The number of ether oxygens (including phenoxy) is 1. The van der Waals surface area contributed by atoms with Gasteiger partial charge in [-0.05, 0) is 30.7 Å². The van der Waals surface area contributed by atoms with Crippen molar-refractivity contribution in [2.45, 2.75) is 13.1 Å². The lowest BCUT2D eigenvalue weighted by molar-refractivity contribution is -0.173. The van der Waals surface area contributed by atoms with Gasteiger partial charge in [-0.2, -0.15) is 13.2 Å². The van der Waals surface area contributed by atoms with E-state index in [1.807, 2.05) is 0 Å². The fourth-order valence-electron chi connectivity index (χ4n) is 1.31. The van der Waals surface area contributed by atoms with Gasteiger partial charge in [0, 0.05) is 12.1 Å². The predicted molar refractivity (Wildman–Crippen MR) is 60.3 cm³/mol. The van der Waals surface area contributed by atoms with Crippen LogP contribution in [-0.2, 0) is 4.74 Å². The smallest absolute Gasteiger partial charge is 0.370 e. The number of nitrogens with one attached hydrogen (secondary N) is 1. The highest BCUT2D eigenvalue weighted by molar-refractivity contribution is 5.94. The number of benzene rings is 1. The van der Waals surface area contributed by atoms with Gasteiger partial charge in [0.2, 0.25) is 0 Å². The lowest BCUT2D eigenvalue weighted by Gasteiger charge is -2.09. The molecule has 0 spiro atoms. The highest BCUT2D eigenvalue weighted by Crippen LogP contribution is 2.14. The quantitative estimate of drug-likeness (QED) is 0.664. The summed E-state index contributed by atoms with van der Waals surface area (Å²) in [7, 11) is 0. The molecule has 1 amide bonds. The minimum absolute atomic E-state index is 0.0503. The van der Waals surface area contributed by atoms with Gasteiger partial charge in [0.05, 0.1) is 6.61 Å². The molecule has 19 heavy (non-hydrogen) atoms. The standard InChI is InChI=1S/C12H13F4NO2/c1-8-6-9(2-3-10(8)13)11(18)17-4-5-19-7-12(14,15)16/h2-3,6H,4-5,7H2,1H3,(H,17,18). The fourth-order valence-corrected chi connectivity index (χ4v) is 1.31. The van der Waals surface area contributed by atoms with Crippen molar-refractivity contribution in [2.24, 2.45) is 0 Å². The van der Waals surface area contributed by atoms with Crippen LogP contribution < -0.4 is 5.32 Å². The Hall–Kier alpha value is -1.63. The van der Waals surface area contributed by atoms with Crippen LogP contribution in [0.3, 0.4) is 0 Å². The zero-order chi connectivity index (χ0) is 14.5. The number of halogens is 4. The second-order valence-electron chi connectivity index (χ2n) is 3.89. The Morgan fingerprint density at radius 3 is 2.63 bits per heavy atom. The molecule has 0 fully saturated rings. The molecule has 0 aliphatic heterocycles. The van der Waals surface area contributed by atoms with E-state index in [9.17, 15) is 22.4 Å². The highest BCUT2D eigenvalue weighted by Gasteiger charge is 2.27. The summed E-state index contributed by atoms with van der Waals surface area (Å²) in [4.78, 5) is 11.6. The Balaban J connectivity index is 2.33. The third kappa shape index (κ3) is 5.69. The van der Waals surface area contributed by atoms with E-state index in [2.05, 4.69) is 10.1 Å². The molecule has 0 saturated carbocycles. The maximum Gasteiger partial charge on any atom is 0.411 e. The fraction of sp³-hybridized carbons (Fsp3) is 0.417. The van der Waals surface area contributed by atoms with Crippen LogP contribution >= 0.6 is 0 Å². The van der Waals surface area contributed by atoms with Crippen LogP contribution in [0.5, 0.6) is 0 Å². The number of aryl methyl sites for hydroxylation is 1. The van der Waals surface area contributed by atoms with Crippen molar-refractivity contribution in [3.05, 3.63) is 35.1 Å². The summed E-state index contributed by atoms with van der Waals surface area (Å²) < 4.78 is 52.5. The first kappa shape index (κ1) is 15.4. The average molecular weight is 279 g/mol. The maximum atomic E-state index is 13.0. The summed E-state index contributed by atoms with van der Waals surface area (Å²) in [6.45, 7) is -0.131. The second-order valence-corrected chi connectivity index (χ2v) is 3.89. The van der Waals surface area contributed by atoms with E-state index in [4.69, 9.17) is 0 Å². The van der Waals surface area contributed by atoms with Gasteiger partial charge in [-0.3, -0.25) is 4.79 Å². The molecule has 1 aromatic carbocycles. The summed E-state index contributed by atoms with van der Waals surface area (Å²) >= 11 is 0. The first-order valence-corrected chi connectivity index (χ1v) is 5.48. The molecule has 0 aliphatic carbocycles. The summed E-state index contributed by atoms with van der Waals surface area (Å²) in [5, 5.41) is 2.38. The molecule has 0 aliphatic rings. The molecule has 0 bridgehead atoms. The Bertz CT molecular complexity index is 446. The normalized spacial score (nSPS) is 11.4. The van der Waals surface area contributed by atoms with Crippen LogP contribution in [0.2, 0.25) is 0 Å². The molecule has 0 atom stereocenters. The molecule has 1 N–H and O–H groups in total. The van der Waals surface area contributed by atoms with Crippen LogP contribution in [0.25, 0.3) is 0 Å². The monoisotopic (exact) mass is 279 g/mol. The van der Waals surface area contributed by atoms with Crippen molar-refractivity contribution < 1.29 is 27.1 Å². The molecule has 7 heteroatoms. The van der Waals surface area contributed by atoms with Crippen LogP contribution in [0.1, 0.15) is 15.9 Å². The number of hydrogen-bond acceptors (Lipinski definition) is 2. The third-order valence-corrected chi connectivity index (χ3v) is 2.22. The van der Waals surface area contributed by atoms with Crippen LogP contribution in [-0.4, -0.2) is 31.8 Å². The van der Waals surface area contributed by atoms with E-state index in [-0.39, 0.29) is 18.7 Å². The highest BCUT2D eigenvalue weighted by atomic mass is 19.4. The zero-order valence-corrected chi connectivity index (χ0v) is 10.2. The van der Waals surface area contributed by atoms with Crippen LogP contribution in [0.15, 0.2) is 18.2 Å². The summed E-state index contributed by atoms with van der Waals surface area (Å²) in [5.41, 5.74) is 0.565. The number of carbonyl (C=O) groups excluding carboxylic acids is 1. The predicted octanol–water partition coefficient (Wildman–Crippen LogP) is 2.44. The van der Waals surface area contributed by atoms with Crippen LogP contribution in [0.4, 0.5) is 17.6 Å². The number of rotatable bonds is 5. The molecule has 1 rings (SSSR count). The molecule has 0 aromatic heterocycles. The molecule has 0 radical (unpaired) electrons. The van der Waals surface area contributed by atoms with E-state index < -0.39 is 24.5 Å². The Labute approximate surface area is 107 Å². The van der Waals surface area contributed by atoms with E-state index in [1.165, 1.54) is 19.1 Å². The lowest BCUT2D eigenvalue weighted by atomic mass is 10.1. The summed E-state index contributed by atoms with van der Waals surface area (Å²) in [6.07, 6.45) is -4.38. The van der Waals surface area contributed by atoms with Crippen molar-refractivity contribution in [1.29, 1.82) is 0 Å². The number of amides is 1. The van der Waals surface area contributed by atoms with Crippen molar-refractivity contribution in [3.8, 4) is 0 Å². The van der Waals surface area contributed by atoms with Gasteiger partial charge < -0.3 is 10.1 Å². The summed E-state index contributed by atoms with van der Waals surface area (Å²) in [5.74, 6) is -0.913. The maximum absolute atomic E-state index is 13.0. The van der Waals surface area contributed by atoms with Crippen molar-refractivity contribution in [2.75, 3.05) is 19.8 Å². The minimum Gasteiger partial charge on any atom is -0.370 e. The lowest BCUT2D eigenvalue weighted by Crippen LogP contribution is -2.28. The van der Waals surface area contributed by atoms with Gasteiger partial charge in [0.25, 0.3) is 5.91 Å². The molecule has 0 unspecified atom stereocenters. The Kier molecular flexibility index (Phi) is 5.29. The number of hydrogen-bond donors (Lipinski definition) is 1. The molecule has 0 heterocycles. The van der Waals surface area contributed by atoms with Gasteiger partial charge in [-0.15, -0.1) is 0 Å². The van der Waals surface area contributed by atoms with Gasteiger partial charge in [0.1, 0.15) is 12.4 Å². The van der Waals surface area contributed by atoms with Gasteiger partial charge >= 0.3 is 6.18 Å². The molecular formula is C12H13F4NO2. The minimum atomic E-state index is -4.38. The first-order chi connectivity index (χ1) is 8.79. The number of alkyl halides is 3. The number of carbonyl (C=O) groups is 1. The Morgan fingerprint density at radius 1 is 1.37 bits per heavy atom. The molecule has 0 saturated heterocycles. The third-order valence-electron chi connectivity index (χ3n) is 2.22.